The van der Waals surface area contributed by atoms with E-state index < -0.39 is 0 Å². The average Bonchev–Trinajstić information content (AvgIpc) is 3.19. The highest BCUT2D eigenvalue weighted by atomic mass is 16.7. The molecule has 0 saturated heterocycles. The van der Waals surface area contributed by atoms with Gasteiger partial charge in [0.2, 0.25) is 12.7 Å². The summed E-state index contributed by atoms with van der Waals surface area (Å²) < 4.78 is 12.2. The van der Waals surface area contributed by atoms with Crippen molar-refractivity contribution in [3.63, 3.8) is 0 Å². The normalized spacial score (nSPS) is 12.1. The molecule has 0 radical (unpaired) electrons. The Labute approximate surface area is 145 Å². The number of carbonyl (C=O) groups excluding carboxylic acids is 2. The molecule has 0 saturated carbocycles. The van der Waals surface area contributed by atoms with Crippen LogP contribution in [0.25, 0.3) is 0 Å². The Morgan fingerprint density at radius 2 is 2.00 bits per heavy atom. The van der Waals surface area contributed by atoms with Crippen LogP contribution in [-0.4, -0.2) is 41.5 Å². The second-order valence-corrected chi connectivity index (χ2v) is 5.76. The number of rotatable bonds is 6. The zero-order valence-corrected chi connectivity index (χ0v) is 14.2. The highest BCUT2D eigenvalue weighted by Crippen LogP contribution is 2.32. The first-order chi connectivity index (χ1) is 12.0. The van der Waals surface area contributed by atoms with Crippen molar-refractivity contribution in [2.75, 3.05) is 19.9 Å². The number of benzene rings is 1. The Bertz CT molecular complexity index is 780. The van der Waals surface area contributed by atoms with Gasteiger partial charge in [-0.2, -0.15) is 5.10 Å². The van der Waals surface area contributed by atoms with E-state index in [4.69, 9.17) is 9.47 Å². The van der Waals surface area contributed by atoms with Crippen LogP contribution in [0.3, 0.4) is 0 Å². The molecule has 1 aromatic heterocycles. The van der Waals surface area contributed by atoms with Gasteiger partial charge in [-0.15, -0.1) is 0 Å². The van der Waals surface area contributed by atoms with Gasteiger partial charge in [0.15, 0.2) is 11.5 Å². The van der Waals surface area contributed by atoms with Crippen molar-refractivity contribution in [3.8, 4) is 11.5 Å². The van der Waals surface area contributed by atoms with Gasteiger partial charge in [0.25, 0.3) is 5.91 Å². The molecular formula is C17H20N4O4. The van der Waals surface area contributed by atoms with Crippen LogP contribution in [0.2, 0.25) is 0 Å². The molecule has 0 aliphatic carbocycles. The molecule has 132 valence electrons. The van der Waals surface area contributed by atoms with E-state index in [-0.39, 0.29) is 25.2 Å². The number of fused-ring (bicyclic) bond motifs is 1. The molecule has 2 amide bonds. The quantitative estimate of drug-likeness (QED) is 0.798. The Balaban J connectivity index is 1.40. The van der Waals surface area contributed by atoms with Crippen molar-refractivity contribution in [2.45, 2.75) is 13.3 Å². The summed E-state index contributed by atoms with van der Waals surface area (Å²) >= 11 is 0. The van der Waals surface area contributed by atoms with Crippen molar-refractivity contribution in [2.24, 2.45) is 7.05 Å². The number of ether oxygens (including phenoxy) is 2. The van der Waals surface area contributed by atoms with Crippen LogP contribution in [-0.2, 0) is 18.3 Å². The van der Waals surface area contributed by atoms with Gasteiger partial charge >= 0.3 is 0 Å². The third-order valence-electron chi connectivity index (χ3n) is 3.93. The molecule has 1 aliphatic rings. The van der Waals surface area contributed by atoms with Crippen molar-refractivity contribution in [1.82, 2.24) is 20.4 Å². The summed E-state index contributed by atoms with van der Waals surface area (Å²) in [6.07, 6.45) is 0.662. The number of amides is 2. The van der Waals surface area contributed by atoms with Gasteiger partial charge in [-0.1, -0.05) is 6.07 Å². The standard InChI is InChI=1S/C17H20N4O4/c1-11-7-13(20-21(11)2)17(23)19-9-16(22)18-6-5-12-3-4-14-15(8-12)25-10-24-14/h3-4,7-8H,5-6,9-10H2,1-2H3,(H,18,22)(H,19,23). The zero-order valence-electron chi connectivity index (χ0n) is 14.2. The smallest absolute Gasteiger partial charge is 0.272 e. The summed E-state index contributed by atoms with van der Waals surface area (Å²) in [4.78, 5) is 23.8. The summed E-state index contributed by atoms with van der Waals surface area (Å²) in [5.74, 6) is 0.846. The number of aryl methyl sites for hydroxylation is 2. The number of hydrogen-bond acceptors (Lipinski definition) is 5. The monoisotopic (exact) mass is 344 g/mol. The molecule has 0 unspecified atom stereocenters. The van der Waals surface area contributed by atoms with Crippen molar-refractivity contribution in [3.05, 3.63) is 41.2 Å². The van der Waals surface area contributed by atoms with E-state index >= 15 is 0 Å². The number of nitrogens with one attached hydrogen (secondary N) is 2. The Kier molecular flexibility index (Phi) is 4.87. The number of carbonyl (C=O) groups is 2. The lowest BCUT2D eigenvalue weighted by molar-refractivity contribution is -0.120. The summed E-state index contributed by atoms with van der Waals surface area (Å²) in [6, 6.07) is 7.37. The molecular weight excluding hydrogens is 324 g/mol. The lowest BCUT2D eigenvalue weighted by Gasteiger charge is -2.07. The maximum atomic E-state index is 11.9. The van der Waals surface area contributed by atoms with Crippen LogP contribution >= 0.6 is 0 Å². The maximum Gasteiger partial charge on any atom is 0.272 e. The molecule has 2 heterocycles. The van der Waals surface area contributed by atoms with E-state index in [1.165, 1.54) is 0 Å². The highest BCUT2D eigenvalue weighted by Gasteiger charge is 2.14. The van der Waals surface area contributed by atoms with Gasteiger partial charge < -0.3 is 20.1 Å². The first-order valence-corrected chi connectivity index (χ1v) is 7.97. The number of aromatic nitrogens is 2. The largest absolute Gasteiger partial charge is 0.454 e. The fourth-order valence-corrected chi connectivity index (χ4v) is 2.43. The summed E-state index contributed by atoms with van der Waals surface area (Å²) in [5.41, 5.74) is 2.21. The van der Waals surface area contributed by atoms with Crippen LogP contribution in [0.5, 0.6) is 11.5 Å². The molecule has 2 aromatic rings. The van der Waals surface area contributed by atoms with Crippen LogP contribution < -0.4 is 20.1 Å². The fourth-order valence-electron chi connectivity index (χ4n) is 2.43. The lowest BCUT2D eigenvalue weighted by atomic mass is 10.1. The minimum atomic E-state index is -0.366. The first-order valence-electron chi connectivity index (χ1n) is 7.97. The van der Waals surface area contributed by atoms with Crippen LogP contribution in [0.1, 0.15) is 21.7 Å². The highest BCUT2D eigenvalue weighted by molar-refractivity contribution is 5.94. The summed E-state index contributed by atoms with van der Waals surface area (Å²) in [6.45, 7) is 2.48. The molecule has 0 bridgehead atoms. The summed E-state index contributed by atoms with van der Waals surface area (Å²) in [5, 5.41) is 9.40. The molecule has 8 heteroatoms. The predicted molar refractivity (Wildman–Crippen MR) is 89.6 cm³/mol. The average molecular weight is 344 g/mol. The second-order valence-electron chi connectivity index (χ2n) is 5.76. The first kappa shape index (κ1) is 16.8. The van der Waals surface area contributed by atoms with Crippen molar-refractivity contribution < 1.29 is 19.1 Å². The minimum Gasteiger partial charge on any atom is -0.454 e. The summed E-state index contributed by atoms with van der Waals surface area (Å²) in [7, 11) is 1.76. The van der Waals surface area contributed by atoms with Crippen molar-refractivity contribution >= 4 is 11.8 Å². The SMILES string of the molecule is Cc1cc(C(=O)NCC(=O)NCCc2ccc3c(c2)OCO3)nn1C. The van der Waals surface area contributed by atoms with Crippen molar-refractivity contribution in [1.29, 1.82) is 0 Å². The van der Waals surface area contributed by atoms with Gasteiger partial charge in [0.1, 0.15) is 5.69 Å². The van der Waals surface area contributed by atoms with E-state index in [0.717, 1.165) is 22.8 Å². The fraction of sp³-hybridized carbons (Fsp3) is 0.353. The van der Waals surface area contributed by atoms with E-state index in [1.807, 2.05) is 25.1 Å². The third-order valence-corrected chi connectivity index (χ3v) is 3.93. The topological polar surface area (TPSA) is 94.5 Å². The molecule has 0 spiro atoms. The second kappa shape index (κ2) is 7.25. The molecule has 0 fully saturated rings. The van der Waals surface area contributed by atoms with Gasteiger partial charge in [0, 0.05) is 19.3 Å². The lowest BCUT2D eigenvalue weighted by Crippen LogP contribution is -2.37. The molecule has 1 aromatic carbocycles. The van der Waals surface area contributed by atoms with Gasteiger partial charge in [-0.25, -0.2) is 0 Å². The molecule has 0 atom stereocenters. The third kappa shape index (κ3) is 4.09. The van der Waals surface area contributed by atoms with Gasteiger partial charge in [-0.05, 0) is 37.1 Å². The van der Waals surface area contributed by atoms with E-state index in [9.17, 15) is 9.59 Å². The minimum absolute atomic E-state index is 0.0877. The zero-order chi connectivity index (χ0) is 17.8. The predicted octanol–water partition coefficient (Wildman–Crippen LogP) is 0.546. The molecule has 25 heavy (non-hydrogen) atoms. The van der Waals surface area contributed by atoms with Crippen LogP contribution in [0, 0.1) is 6.92 Å². The van der Waals surface area contributed by atoms with Gasteiger partial charge in [0.05, 0.1) is 6.54 Å². The molecule has 2 N–H and O–H groups in total. The Morgan fingerprint density at radius 3 is 2.76 bits per heavy atom. The number of hydrogen-bond donors (Lipinski definition) is 2. The van der Waals surface area contributed by atoms with Crippen LogP contribution in [0.15, 0.2) is 24.3 Å². The Morgan fingerprint density at radius 1 is 1.20 bits per heavy atom. The Hall–Kier alpha value is -3.03. The molecule has 8 nitrogen and oxygen atoms in total. The van der Waals surface area contributed by atoms with E-state index in [0.29, 0.717) is 18.7 Å². The van der Waals surface area contributed by atoms with E-state index in [1.54, 1.807) is 17.8 Å². The van der Waals surface area contributed by atoms with Crippen LogP contribution in [0.4, 0.5) is 0 Å². The van der Waals surface area contributed by atoms with Gasteiger partial charge in [-0.3, -0.25) is 14.3 Å². The molecule has 1 aliphatic heterocycles. The number of nitrogens with zero attached hydrogens (tertiary/aromatic N) is 2. The molecule has 3 rings (SSSR count). The van der Waals surface area contributed by atoms with E-state index in [2.05, 4.69) is 15.7 Å². The maximum absolute atomic E-state index is 11.9.